The number of benzene rings is 2. The molecule has 19 heavy (non-hydrogen) atoms. The van der Waals surface area contributed by atoms with Gasteiger partial charge >= 0.3 is 0 Å². The molecule has 0 atom stereocenters. The molecular weight excluding hydrogens is 256 g/mol. The van der Waals surface area contributed by atoms with Crippen LogP contribution in [0.25, 0.3) is 0 Å². The summed E-state index contributed by atoms with van der Waals surface area (Å²) >= 11 is 3.95. The lowest BCUT2D eigenvalue weighted by atomic mass is 10.1. The standard InChI is InChI=1S/C15H14N2OS/c1-2-17-12-8-4-3-7-11(12)16-14-10(15(18)19)6-5-9-13(14)17/h3-9,16H,2H2,1H3,(H,18,19). The van der Waals surface area contributed by atoms with Gasteiger partial charge in [0.1, 0.15) is 0 Å². The van der Waals surface area contributed by atoms with E-state index in [-0.39, 0.29) is 5.12 Å². The van der Waals surface area contributed by atoms with E-state index in [0.29, 0.717) is 5.56 Å². The van der Waals surface area contributed by atoms with Crippen molar-refractivity contribution in [2.24, 2.45) is 0 Å². The van der Waals surface area contributed by atoms with Crippen LogP contribution in [0.5, 0.6) is 0 Å². The molecular formula is C15H14N2OS. The molecule has 0 saturated carbocycles. The molecule has 96 valence electrons. The number of carbonyl (C=O) groups excluding carboxylic acids is 1. The Hall–Kier alpha value is -1.94. The average Bonchev–Trinajstić information content (AvgIpc) is 2.43. The second kappa shape index (κ2) is 4.63. The second-order valence-electron chi connectivity index (χ2n) is 4.39. The van der Waals surface area contributed by atoms with Crippen molar-refractivity contribution >= 4 is 40.5 Å². The lowest BCUT2D eigenvalue weighted by molar-refractivity contribution is 0.109. The van der Waals surface area contributed by atoms with Gasteiger partial charge < -0.3 is 10.2 Å². The first kappa shape index (κ1) is 12.1. The van der Waals surface area contributed by atoms with Crippen LogP contribution in [-0.4, -0.2) is 11.7 Å². The van der Waals surface area contributed by atoms with Gasteiger partial charge in [0.15, 0.2) is 0 Å². The van der Waals surface area contributed by atoms with E-state index in [1.54, 1.807) is 6.07 Å². The van der Waals surface area contributed by atoms with Gasteiger partial charge in [-0.05, 0) is 31.2 Å². The van der Waals surface area contributed by atoms with Crippen molar-refractivity contribution in [3.05, 3.63) is 48.0 Å². The van der Waals surface area contributed by atoms with E-state index in [4.69, 9.17) is 0 Å². The molecule has 2 aromatic carbocycles. The highest BCUT2D eigenvalue weighted by atomic mass is 32.1. The number of fused-ring (bicyclic) bond motifs is 2. The monoisotopic (exact) mass is 270 g/mol. The van der Waals surface area contributed by atoms with E-state index < -0.39 is 0 Å². The minimum Gasteiger partial charge on any atom is -0.351 e. The molecule has 0 aromatic heterocycles. The van der Waals surface area contributed by atoms with Gasteiger partial charge in [0.2, 0.25) is 5.12 Å². The van der Waals surface area contributed by atoms with Crippen molar-refractivity contribution in [1.82, 2.24) is 0 Å². The molecule has 0 spiro atoms. The van der Waals surface area contributed by atoms with Crippen LogP contribution < -0.4 is 10.2 Å². The van der Waals surface area contributed by atoms with Crippen LogP contribution in [0.15, 0.2) is 42.5 Å². The predicted octanol–water partition coefficient (Wildman–Crippen LogP) is 3.97. The third-order valence-electron chi connectivity index (χ3n) is 3.33. The van der Waals surface area contributed by atoms with Crippen LogP contribution in [0.3, 0.4) is 0 Å². The zero-order valence-electron chi connectivity index (χ0n) is 10.6. The Morgan fingerprint density at radius 3 is 2.63 bits per heavy atom. The van der Waals surface area contributed by atoms with Crippen molar-refractivity contribution in [2.75, 3.05) is 16.8 Å². The van der Waals surface area contributed by atoms with Gasteiger partial charge in [-0.2, -0.15) is 0 Å². The van der Waals surface area contributed by atoms with Gasteiger partial charge in [0, 0.05) is 6.54 Å². The van der Waals surface area contributed by atoms with E-state index in [1.165, 1.54) is 0 Å². The summed E-state index contributed by atoms with van der Waals surface area (Å²) in [4.78, 5) is 13.8. The molecule has 2 aromatic rings. The van der Waals surface area contributed by atoms with Crippen molar-refractivity contribution in [1.29, 1.82) is 0 Å². The molecule has 0 aliphatic carbocycles. The Bertz CT molecular complexity index is 654. The fraction of sp³-hybridized carbons (Fsp3) is 0.133. The molecule has 0 unspecified atom stereocenters. The third-order valence-corrected chi connectivity index (χ3v) is 3.58. The van der Waals surface area contributed by atoms with E-state index in [9.17, 15) is 4.79 Å². The Kier molecular flexibility index (Phi) is 2.95. The molecule has 4 heteroatoms. The molecule has 0 radical (unpaired) electrons. The van der Waals surface area contributed by atoms with Crippen molar-refractivity contribution in [3.8, 4) is 0 Å². The second-order valence-corrected chi connectivity index (χ2v) is 4.80. The molecule has 0 fully saturated rings. The lowest BCUT2D eigenvalue weighted by Gasteiger charge is -2.33. The van der Waals surface area contributed by atoms with Crippen LogP contribution in [0.4, 0.5) is 22.7 Å². The molecule has 1 N–H and O–H groups in total. The third kappa shape index (κ3) is 1.88. The molecule has 1 aliphatic rings. The number of hydrogen-bond donors (Lipinski definition) is 2. The molecule has 1 heterocycles. The largest absolute Gasteiger partial charge is 0.351 e. The van der Waals surface area contributed by atoms with Crippen LogP contribution in [0, 0.1) is 0 Å². The van der Waals surface area contributed by atoms with Crippen molar-refractivity contribution < 1.29 is 4.79 Å². The highest BCUT2D eigenvalue weighted by Gasteiger charge is 2.24. The Balaban J connectivity index is 2.23. The zero-order chi connectivity index (χ0) is 13.4. The summed E-state index contributed by atoms with van der Waals surface area (Å²) in [5.74, 6) is 0. The summed E-state index contributed by atoms with van der Waals surface area (Å²) in [6, 6.07) is 13.8. The molecule has 3 rings (SSSR count). The number of hydrogen-bond acceptors (Lipinski definition) is 3. The van der Waals surface area contributed by atoms with E-state index in [1.807, 2.05) is 30.3 Å². The highest BCUT2D eigenvalue weighted by Crippen LogP contribution is 2.44. The van der Waals surface area contributed by atoms with Crippen molar-refractivity contribution in [3.63, 3.8) is 0 Å². The fourth-order valence-electron chi connectivity index (χ4n) is 2.49. The Labute approximate surface area is 117 Å². The first-order valence-electron chi connectivity index (χ1n) is 6.22. The minimum atomic E-state index is -0.222. The van der Waals surface area contributed by atoms with Gasteiger partial charge in [0.05, 0.1) is 28.3 Å². The number of nitrogens with zero attached hydrogens (tertiary/aromatic N) is 1. The van der Waals surface area contributed by atoms with Crippen molar-refractivity contribution in [2.45, 2.75) is 6.92 Å². The molecule has 3 nitrogen and oxygen atoms in total. The fourth-order valence-corrected chi connectivity index (χ4v) is 2.68. The normalized spacial score (nSPS) is 12.4. The number of rotatable bonds is 2. The van der Waals surface area contributed by atoms with Gasteiger partial charge in [-0.25, -0.2) is 0 Å². The van der Waals surface area contributed by atoms with Gasteiger partial charge in [-0.1, -0.05) is 18.2 Å². The molecule has 0 bridgehead atoms. The molecule has 0 amide bonds. The Morgan fingerprint density at radius 2 is 1.89 bits per heavy atom. The Morgan fingerprint density at radius 1 is 1.16 bits per heavy atom. The van der Waals surface area contributed by atoms with Gasteiger partial charge in [-0.3, -0.25) is 4.79 Å². The predicted molar refractivity (Wildman–Crippen MR) is 82.2 cm³/mol. The number of thiol groups is 1. The molecule has 1 aliphatic heterocycles. The smallest absolute Gasteiger partial charge is 0.218 e. The minimum absolute atomic E-state index is 0.222. The number of nitrogens with one attached hydrogen (secondary N) is 1. The van der Waals surface area contributed by atoms with Gasteiger partial charge in [-0.15, -0.1) is 12.6 Å². The first-order valence-corrected chi connectivity index (χ1v) is 6.67. The van der Waals surface area contributed by atoms with Crippen LogP contribution in [-0.2, 0) is 0 Å². The summed E-state index contributed by atoms with van der Waals surface area (Å²) in [5, 5.41) is 3.12. The zero-order valence-corrected chi connectivity index (χ0v) is 11.4. The average molecular weight is 270 g/mol. The highest BCUT2D eigenvalue weighted by molar-refractivity contribution is 7.97. The maximum Gasteiger partial charge on any atom is 0.218 e. The van der Waals surface area contributed by atoms with E-state index >= 15 is 0 Å². The summed E-state index contributed by atoms with van der Waals surface area (Å²) in [5.41, 5.74) is 4.60. The van der Waals surface area contributed by atoms with Crippen LogP contribution in [0.1, 0.15) is 17.3 Å². The summed E-state index contributed by atoms with van der Waals surface area (Å²) in [6.07, 6.45) is 0. The first-order chi connectivity index (χ1) is 9.22. The number of anilines is 4. The molecule has 0 saturated heterocycles. The van der Waals surface area contributed by atoms with E-state index in [0.717, 1.165) is 29.3 Å². The summed E-state index contributed by atoms with van der Waals surface area (Å²) in [6.45, 7) is 2.94. The maximum atomic E-state index is 11.6. The van der Waals surface area contributed by atoms with Gasteiger partial charge in [0.25, 0.3) is 0 Å². The van der Waals surface area contributed by atoms with Crippen LogP contribution >= 0.6 is 12.6 Å². The summed E-state index contributed by atoms with van der Waals surface area (Å²) < 4.78 is 0. The lowest BCUT2D eigenvalue weighted by Crippen LogP contribution is -2.23. The number of para-hydroxylation sites is 3. The number of carbonyl (C=O) groups is 1. The topological polar surface area (TPSA) is 32.3 Å². The summed E-state index contributed by atoms with van der Waals surface area (Å²) in [7, 11) is 0. The SMILES string of the molecule is CCN1c2ccccc2Nc2c(C(=O)S)cccc21. The van der Waals surface area contributed by atoms with Crippen LogP contribution in [0.2, 0.25) is 0 Å². The maximum absolute atomic E-state index is 11.6. The van der Waals surface area contributed by atoms with E-state index in [2.05, 4.69) is 35.8 Å². The quantitative estimate of drug-likeness (QED) is 0.810.